The van der Waals surface area contributed by atoms with Crippen LogP contribution in [0.5, 0.6) is 5.75 Å². The normalized spacial score (nSPS) is 11.2. The molecule has 0 aliphatic rings. The van der Waals surface area contributed by atoms with Crippen LogP contribution in [0.4, 0.5) is 5.13 Å². The maximum absolute atomic E-state index is 12.5. The number of carbonyl (C=O) groups is 1. The molecular formula is C16H14N6O3S. The number of aromatic amines is 1. The molecule has 0 bridgehead atoms. The second-order valence-corrected chi connectivity index (χ2v) is 6.61. The summed E-state index contributed by atoms with van der Waals surface area (Å²) in [5, 5.41) is 5.89. The van der Waals surface area contributed by atoms with Crippen LogP contribution in [-0.2, 0) is 11.2 Å². The molecule has 2 N–H and O–H groups in total. The quantitative estimate of drug-likeness (QED) is 0.563. The Kier molecular flexibility index (Phi) is 3.88. The van der Waals surface area contributed by atoms with Crippen LogP contribution in [-0.4, -0.2) is 37.6 Å². The summed E-state index contributed by atoms with van der Waals surface area (Å²) in [5.74, 6) is 0.637. The topological polar surface area (TPSA) is 114 Å². The minimum Gasteiger partial charge on any atom is -0.497 e. The first-order valence-electron chi connectivity index (χ1n) is 7.71. The number of anilines is 1. The molecule has 0 radical (unpaired) electrons. The highest BCUT2D eigenvalue weighted by molar-refractivity contribution is 7.22. The van der Waals surface area contributed by atoms with Crippen LogP contribution < -0.4 is 15.6 Å². The third kappa shape index (κ3) is 2.80. The molecule has 0 saturated carbocycles. The predicted octanol–water partition coefficient (Wildman–Crippen LogP) is 1.53. The van der Waals surface area contributed by atoms with Crippen LogP contribution in [0, 0.1) is 6.92 Å². The van der Waals surface area contributed by atoms with E-state index >= 15 is 0 Å². The van der Waals surface area contributed by atoms with Crippen molar-refractivity contribution >= 4 is 38.4 Å². The van der Waals surface area contributed by atoms with E-state index in [0.717, 1.165) is 10.2 Å². The van der Waals surface area contributed by atoms with Crippen LogP contribution in [0.1, 0.15) is 11.3 Å². The van der Waals surface area contributed by atoms with Crippen molar-refractivity contribution in [1.82, 2.24) is 24.6 Å². The highest BCUT2D eigenvalue weighted by Gasteiger charge is 2.16. The van der Waals surface area contributed by atoms with E-state index in [1.807, 2.05) is 12.1 Å². The number of fused-ring (bicyclic) bond motifs is 2. The van der Waals surface area contributed by atoms with E-state index in [9.17, 15) is 9.59 Å². The zero-order valence-electron chi connectivity index (χ0n) is 13.9. The van der Waals surface area contributed by atoms with Gasteiger partial charge in [0.15, 0.2) is 5.13 Å². The monoisotopic (exact) mass is 370 g/mol. The Hall–Kier alpha value is -3.27. The SMILES string of the molecule is COc1ccc2sc(NC(=O)Cc3c(C)nc4nc[nH]n4c3=O)nc2c1. The number of rotatable bonds is 4. The zero-order chi connectivity index (χ0) is 18.3. The summed E-state index contributed by atoms with van der Waals surface area (Å²) in [7, 11) is 1.58. The number of aryl methyl sites for hydroxylation is 1. The van der Waals surface area contributed by atoms with Gasteiger partial charge in [-0.3, -0.25) is 14.7 Å². The number of amides is 1. The molecule has 0 atom stereocenters. The molecule has 0 aliphatic heterocycles. The summed E-state index contributed by atoms with van der Waals surface area (Å²) in [6, 6.07) is 5.52. The van der Waals surface area contributed by atoms with Crippen molar-refractivity contribution < 1.29 is 9.53 Å². The molecule has 3 heterocycles. The summed E-state index contributed by atoms with van der Waals surface area (Å²) in [6.45, 7) is 1.68. The van der Waals surface area contributed by atoms with Gasteiger partial charge in [-0.1, -0.05) is 11.3 Å². The van der Waals surface area contributed by atoms with Gasteiger partial charge in [-0.05, 0) is 19.1 Å². The average molecular weight is 370 g/mol. The third-order valence-electron chi connectivity index (χ3n) is 3.91. The van der Waals surface area contributed by atoms with Gasteiger partial charge in [0.1, 0.15) is 12.1 Å². The first-order chi connectivity index (χ1) is 12.5. The predicted molar refractivity (Wildman–Crippen MR) is 96.9 cm³/mol. The van der Waals surface area contributed by atoms with E-state index in [4.69, 9.17) is 4.74 Å². The van der Waals surface area contributed by atoms with Gasteiger partial charge in [0.25, 0.3) is 11.3 Å². The van der Waals surface area contributed by atoms with Crippen molar-refractivity contribution in [2.75, 3.05) is 12.4 Å². The van der Waals surface area contributed by atoms with Gasteiger partial charge in [-0.15, -0.1) is 0 Å². The fraction of sp³-hybridized carbons (Fsp3) is 0.188. The maximum atomic E-state index is 12.5. The Morgan fingerprint density at radius 1 is 1.38 bits per heavy atom. The Balaban J connectivity index is 1.58. The number of nitrogens with one attached hydrogen (secondary N) is 2. The molecule has 0 fully saturated rings. The lowest BCUT2D eigenvalue weighted by molar-refractivity contribution is -0.115. The van der Waals surface area contributed by atoms with Crippen LogP contribution >= 0.6 is 11.3 Å². The molecule has 0 unspecified atom stereocenters. The number of ether oxygens (including phenoxy) is 1. The molecule has 3 aromatic heterocycles. The van der Waals surface area contributed by atoms with Crippen LogP contribution in [0.25, 0.3) is 16.0 Å². The first-order valence-corrected chi connectivity index (χ1v) is 8.53. The van der Waals surface area contributed by atoms with Gasteiger partial charge >= 0.3 is 0 Å². The van der Waals surface area contributed by atoms with Crippen molar-refractivity contribution in [3.8, 4) is 5.75 Å². The highest BCUT2D eigenvalue weighted by atomic mass is 32.1. The van der Waals surface area contributed by atoms with E-state index in [2.05, 4.69) is 25.4 Å². The molecule has 1 amide bonds. The Bertz CT molecular complexity index is 1190. The number of thiazole rings is 1. The van der Waals surface area contributed by atoms with Crippen LogP contribution in [0.15, 0.2) is 29.3 Å². The number of nitrogens with zero attached hydrogens (tertiary/aromatic N) is 4. The van der Waals surface area contributed by atoms with Gasteiger partial charge in [0.05, 0.1) is 35.0 Å². The summed E-state index contributed by atoms with van der Waals surface area (Å²) < 4.78 is 7.31. The summed E-state index contributed by atoms with van der Waals surface area (Å²) in [4.78, 5) is 37.4. The van der Waals surface area contributed by atoms with Crippen molar-refractivity contribution in [2.45, 2.75) is 13.3 Å². The molecular weight excluding hydrogens is 356 g/mol. The van der Waals surface area contributed by atoms with E-state index < -0.39 is 0 Å². The number of H-pyrrole nitrogens is 1. The number of benzene rings is 1. The van der Waals surface area contributed by atoms with Gasteiger partial charge in [0, 0.05) is 6.07 Å². The highest BCUT2D eigenvalue weighted by Crippen LogP contribution is 2.28. The third-order valence-corrected chi connectivity index (χ3v) is 4.86. The van der Waals surface area contributed by atoms with E-state index in [1.165, 1.54) is 22.2 Å². The van der Waals surface area contributed by atoms with Gasteiger partial charge < -0.3 is 10.1 Å². The van der Waals surface area contributed by atoms with Gasteiger partial charge in [0.2, 0.25) is 5.91 Å². The Morgan fingerprint density at radius 3 is 3.04 bits per heavy atom. The smallest absolute Gasteiger partial charge is 0.277 e. The second kappa shape index (κ2) is 6.23. The Morgan fingerprint density at radius 2 is 2.23 bits per heavy atom. The summed E-state index contributed by atoms with van der Waals surface area (Å²) in [6.07, 6.45) is 1.28. The largest absolute Gasteiger partial charge is 0.497 e. The maximum Gasteiger partial charge on any atom is 0.277 e. The van der Waals surface area contributed by atoms with E-state index in [1.54, 1.807) is 20.1 Å². The van der Waals surface area contributed by atoms with Crippen molar-refractivity contribution in [3.63, 3.8) is 0 Å². The molecule has 0 spiro atoms. The molecule has 10 heteroatoms. The van der Waals surface area contributed by atoms with E-state index in [0.29, 0.717) is 22.1 Å². The van der Waals surface area contributed by atoms with Crippen LogP contribution in [0.3, 0.4) is 0 Å². The second-order valence-electron chi connectivity index (χ2n) is 5.58. The number of hydrogen-bond donors (Lipinski definition) is 2. The lowest BCUT2D eigenvalue weighted by Gasteiger charge is -2.04. The molecule has 0 aliphatic carbocycles. The lowest BCUT2D eigenvalue weighted by atomic mass is 10.1. The van der Waals surface area contributed by atoms with Crippen LogP contribution in [0.2, 0.25) is 0 Å². The lowest BCUT2D eigenvalue weighted by Crippen LogP contribution is -2.26. The van der Waals surface area contributed by atoms with Gasteiger partial charge in [-0.2, -0.15) is 4.52 Å². The fourth-order valence-electron chi connectivity index (χ4n) is 2.61. The standard InChI is InChI=1S/C16H14N6O3S/c1-8-10(14(24)22-15(19-8)17-7-18-22)6-13(23)21-16-20-11-5-9(25-2)3-4-12(11)26-16/h3-5,7H,6H2,1-2H3,(H,17,18,19)(H,20,21,23). The summed E-state index contributed by atoms with van der Waals surface area (Å²) >= 11 is 1.35. The fourth-order valence-corrected chi connectivity index (χ4v) is 3.47. The Labute approximate surface area is 150 Å². The minimum atomic E-state index is -0.339. The molecule has 9 nitrogen and oxygen atoms in total. The molecule has 132 valence electrons. The molecule has 1 aromatic carbocycles. The first kappa shape index (κ1) is 16.2. The number of hydrogen-bond acceptors (Lipinski definition) is 7. The number of methoxy groups -OCH3 is 1. The molecule has 26 heavy (non-hydrogen) atoms. The van der Waals surface area contributed by atoms with Crippen molar-refractivity contribution in [3.05, 3.63) is 46.1 Å². The summed E-state index contributed by atoms with van der Waals surface area (Å²) in [5.41, 5.74) is 1.19. The van der Waals surface area contributed by atoms with Gasteiger partial charge in [-0.25, -0.2) is 15.0 Å². The van der Waals surface area contributed by atoms with Crippen molar-refractivity contribution in [2.24, 2.45) is 0 Å². The van der Waals surface area contributed by atoms with E-state index in [-0.39, 0.29) is 23.7 Å². The average Bonchev–Trinajstić information content (AvgIpc) is 3.23. The number of carbonyl (C=O) groups excluding carboxylic acids is 1. The molecule has 4 rings (SSSR count). The zero-order valence-corrected chi connectivity index (χ0v) is 14.8. The number of aromatic nitrogens is 5. The van der Waals surface area contributed by atoms with Crippen molar-refractivity contribution in [1.29, 1.82) is 0 Å². The molecule has 4 aromatic rings. The minimum absolute atomic E-state index is 0.0983. The molecule has 0 saturated heterocycles.